The second-order valence-corrected chi connectivity index (χ2v) is 5.65. The Bertz CT molecular complexity index is 534. The standard InChI is InChI=1S/C19H26N2O/c1-16-9-5-4-8-13-21(14-12-16)19(18(22)15-20-2)17-10-6-3-7-11-17/h3,5-13,18-20,22H,4,14-15H2,1-2H3/b9-5-,13-8-,16-12-/t18-,19+/m1/s1. The first kappa shape index (κ1) is 16.5. The highest BCUT2D eigenvalue weighted by molar-refractivity contribution is 5.23. The zero-order valence-corrected chi connectivity index (χ0v) is 13.4. The Morgan fingerprint density at radius 1 is 1.23 bits per heavy atom. The fraction of sp³-hybridized carbons (Fsp3) is 0.368. The summed E-state index contributed by atoms with van der Waals surface area (Å²) < 4.78 is 0. The van der Waals surface area contributed by atoms with Crippen molar-refractivity contribution in [1.82, 2.24) is 10.2 Å². The van der Waals surface area contributed by atoms with Gasteiger partial charge in [-0.25, -0.2) is 0 Å². The normalized spacial score (nSPS) is 23.4. The Morgan fingerprint density at radius 3 is 2.73 bits per heavy atom. The number of nitrogens with one attached hydrogen (secondary N) is 1. The molecular weight excluding hydrogens is 272 g/mol. The van der Waals surface area contributed by atoms with Crippen LogP contribution in [0.1, 0.15) is 24.9 Å². The summed E-state index contributed by atoms with van der Waals surface area (Å²) in [5.41, 5.74) is 2.39. The molecule has 0 aliphatic carbocycles. The molecule has 0 fully saturated rings. The fourth-order valence-electron chi connectivity index (χ4n) is 2.72. The maximum Gasteiger partial charge on any atom is 0.0909 e. The topological polar surface area (TPSA) is 35.5 Å². The first-order valence-corrected chi connectivity index (χ1v) is 7.85. The number of nitrogens with zero attached hydrogens (tertiary/aromatic N) is 1. The lowest BCUT2D eigenvalue weighted by Crippen LogP contribution is -2.38. The van der Waals surface area contributed by atoms with Crippen LogP contribution in [-0.4, -0.2) is 36.2 Å². The van der Waals surface area contributed by atoms with Crippen molar-refractivity contribution in [2.24, 2.45) is 0 Å². The molecule has 3 nitrogen and oxygen atoms in total. The summed E-state index contributed by atoms with van der Waals surface area (Å²) in [6.07, 6.45) is 11.2. The zero-order valence-electron chi connectivity index (χ0n) is 13.4. The molecule has 0 bridgehead atoms. The van der Waals surface area contributed by atoms with Gasteiger partial charge in [-0.05, 0) is 32.2 Å². The number of benzene rings is 1. The summed E-state index contributed by atoms with van der Waals surface area (Å²) in [4.78, 5) is 2.22. The van der Waals surface area contributed by atoms with Crippen molar-refractivity contribution in [2.75, 3.05) is 20.1 Å². The highest BCUT2D eigenvalue weighted by Crippen LogP contribution is 2.25. The van der Waals surface area contributed by atoms with Crippen LogP contribution in [0.3, 0.4) is 0 Å². The van der Waals surface area contributed by atoms with E-state index >= 15 is 0 Å². The van der Waals surface area contributed by atoms with Gasteiger partial charge in [0.25, 0.3) is 0 Å². The molecule has 118 valence electrons. The van der Waals surface area contributed by atoms with Crippen molar-refractivity contribution in [1.29, 1.82) is 0 Å². The lowest BCUT2D eigenvalue weighted by atomic mass is 9.99. The van der Waals surface area contributed by atoms with E-state index in [-0.39, 0.29) is 6.04 Å². The van der Waals surface area contributed by atoms with Gasteiger partial charge >= 0.3 is 0 Å². The Kier molecular flexibility index (Phi) is 6.44. The van der Waals surface area contributed by atoms with Crippen LogP contribution in [0.15, 0.2) is 66.4 Å². The van der Waals surface area contributed by atoms with Gasteiger partial charge in [0, 0.05) is 13.1 Å². The molecule has 0 aromatic heterocycles. The van der Waals surface area contributed by atoms with Crippen LogP contribution < -0.4 is 5.32 Å². The molecule has 1 aromatic carbocycles. The van der Waals surface area contributed by atoms with Crippen molar-refractivity contribution in [3.05, 3.63) is 72.0 Å². The lowest BCUT2D eigenvalue weighted by Gasteiger charge is -2.34. The quantitative estimate of drug-likeness (QED) is 0.877. The largest absolute Gasteiger partial charge is 0.389 e. The molecule has 0 amide bonds. The second kappa shape index (κ2) is 8.57. The maximum atomic E-state index is 10.6. The molecule has 0 unspecified atom stereocenters. The third-order valence-corrected chi connectivity index (χ3v) is 3.85. The highest BCUT2D eigenvalue weighted by Gasteiger charge is 2.25. The molecule has 3 heteroatoms. The van der Waals surface area contributed by atoms with Gasteiger partial charge in [0.05, 0.1) is 12.1 Å². The molecule has 0 spiro atoms. The second-order valence-electron chi connectivity index (χ2n) is 5.65. The minimum absolute atomic E-state index is 0.0629. The third kappa shape index (κ3) is 4.58. The minimum atomic E-state index is -0.473. The number of aliphatic hydroxyl groups is 1. The molecule has 0 radical (unpaired) electrons. The SMILES string of the molecule is CNC[C@@H](O)[C@H](c1ccccc1)N1/C=C\C/C=C\C(C)=C/C1. The van der Waals surface area contributed by atoms with Crippen LogP contribution in [0.25, 0.3) is 0 Å². The third-order valence-electron chi connectivity index (χ3n) is 3.85. The van der Waals surface area contributed by atoms with E-state index in [2.05, 4.69) is 59.8 Å². The Labute approximate surface area is 133 Å². The number of allylic oxidation sites excluding steroid dienone is 4. The van der Waals surface area contributed by atoms with Crippen LogP contribution in [-0.2, 0) is 0 Å². The summed E-state index contributed by atoms with van der Waals surface area (Å²) in [7, 11) is 1.87. The molecule has 1 aliphatic rings. The Morgan fingerprint density at radius 2 is 2.00 bits per heavy atom. The van der Waals surface area contributed by atoms with Crippen LogP contribution in [0.4, 0.5) is 0 Å². The van der Waals surface area contributed by atoms with Gasteiger partial charge < -0.3 is 15.3 Å². The summed E-state index contributed by atoms with van der Waals surface area (Å²) in [6, 6.07) is 10.2. The maximum absolute atomic E-state index is 10.6. The summed E-state index contributed by atoms with van der Waals surface area (Å²) in [5.74, 6) is 0. The minimum Gasteiger partial charge on any atom is -0.389 e. The Hall–Kier alpha value is -1.84. The number of hydrogen-bond donors (Lipinski definition) is 2. The van der Waals surface area contributed by atoms with Crippen molar-refractivity contribution in [2.45, 2.75) is 25.5 Å². The first-order valence-electron chi connectivity index (χ1n) is 7.85. The molecule has 2 rings (SSSR count). The number of rotatable bonds is 5. The molecule has 1 aliphatic heterocycles. The fourth-order valence-corrected chi connectivity index (χ4v) is 2.72. The van der Waals surface area contributed by atoms with Crippen molar-refractivity contribution in [3.63, 3.8) is 0 Å². The van der Waals surface area contributed by atoms with Gasteiger partial charge in [-0.15, -0.1) is 0 Å². The van der Waals surface area contributed by atoms with E-state index in [1.165, 1.54) is 5.57 Å². The lowest BCUT2D eigenvalue weighted by molar-refractivity contribution is 0.0795. The predicted molar refractivity (Wildman–Crippen MR) is 92.5 cm³/mol. The van der Waals surface area contributed by atoms with Gasteiger partial charge in [0.1, 0.15) is 0 Å². The van der Waals surface area contributed by atoms with Crippen LogP contribution in [0.2, 0.25) is 0 Å². The monoisotopic (exact) mass is 298 g/mol. The van der Waals surface area contributed by atoms with Crippen molar-refractivity contribution in [3.8, 4) is 0 Å². The van der Waals surface area contributed by atoms with Gasteiger partial charge in [-0.1, -0.05) is 60.2 Å². The molecule has 22 heavy (non-hydrogen) atoms. The average molecular weight is 298 g/mol. The number of likely N-dealkylation sites (N-methyl/N-ethyl adjacent to an activating group) is 1. The van der Waals surface area contributed by atoms with Gasteiger partial charge in [0.15, 0.2) is 0 Å². The van der Waals surface area contributed by atoms with Crippen LogP contribution in [0, 0.1) is 0 Å². The van der Waals surface area contributed by atoms with Crippen LogP contribution >= 0.6 is 0 Å². The summed E-state index contributed by atoms with van der Waals surface area (Å²) in [6.45, 7) is 3.46. The molecule has 2 atom stereocenters. The van der Waals surface area contributed by atoms with E-state index in [4.69, 9.17) is 0 Å². The molecular formula is C19H26N2O. The van der Waals surface area contributed by atoms with E-state index in [9.17, 15) is 5.11 Å². The molecule has 1 heterocycles. The molecule has 2 N–H and O–H groups in total. The van der Waals surface area contributed by atoms with Crippen LogP contribution in [0.5, 0.6) is 0 Å². The van der Waals surface area contributed by atoms with E-state index in [0.717, 1.165) is 18.5 Å². The first-order chi connectivity index (χ1) is 10.7. The number of aliphatic hydroxyl groups excluding tert-OH is 1. The molecule has 1 aromatic rings. The predicted octanol–water partition coefficient (Wildman–Crippen LogP) is 3.03. The van der Waals surface area contributed by atoms with Crippen molar-refractivity contribution >= 4 is 0 Å². The van der Waals surface area contributed by atoms with E-state index in [0.29, 0.717) is 6.54 Å². The van der Waals surface area contributed by atoms with Gasteiger partial charge in [-0.3, -0.25) is 0 Å². The number of hydrogen-bond acceptors (Lipinski definition) is 3. The average Bonchev–Trinajstić information content (AvgIpc) is 2.62. The smallest absolute Gasteiger partial charge is 0.0909 e. The molecule has 0 saturated carbocycles. The highest BCUT2D eigenvalue weighted by atomic mass is 16.3. The zero-order chi connectivity index (χ0) is 15.8. The summed E-state index contributed by atoms with van der Waals surface area (Å²) >= 11 is 0. The van der Waals surface area contributed by atoms with E-state index in [1.54, 1.807) is 0 Å². The Balaban J connectivity index is 2.30. The van der Waals surface area contributed by atoms with Gasteiger partial charge in [-0.2, -0.15) is 0 Å². The van der Waals surface area contributed by atoms with Crippen molar-refractivity contribution < 1.29 is 5.11 Å². The van der Waals surface area contributed by atoms with Gasteiger partial charge in [0.2, 0.25) is 0 Å². The molecule has 0 saturated heterocycles. The summed E-state index contributed by atoms with van der Waals surface area (Å²) in [5, 5.41) is 13.7. The van der Waals surface area contributed by atoms with E-state index < -0.39 is 6.10 Å². The van der Waals surface area contributed by atoms with E-state index in [1.807, 2.05) is 25.2 Å².